The van der Waals surface area contributed by atoms with Crippen LogP contribution in [0.15, 0.2) is 5.51 Å². The molecule has 0 aromatic carbocycles. The Morgan fingerprint density at radius 2 is 2.11 bits per heavy atom. The lowest BCUT2D eigenvalue weighted by Gasteiger charge is -2.44. The Labute approximate surface area is 115 Å². The Morgan fingerprint density at radius 3 is 2.56 bits per heavy atom. The van der Waals surface area contributed by atoms with Gasteiger partial charge in [-0.15, -0.1) is 11.3 Å². The number of thiazole rings is 1. The van der Waals surface area contributed by atoms with E-state index >= 15 is 0 Å². The van der Waals surface area contributed by atoms with E-state index in [9.17, 15) is 0 Å². The highest BCUT2D eigenvalue weighted by Gasteiger charge is 2.37. The maximum atomic E-state index is 4.35. The van der Waals surface area contributed by atoms with Gasteiger partial charge >= 0.3 is 0 Å². The molecule has 3 heteroatoms. The molecule has 1 N–H and O–H groups in total. The first kappa shape index (κ1) is 14.0. The highest BCUT2D eigenvalue weighted by Crippen LogP contribution is 2.44. The summed E-state index contributed by atoms with van der Waals surface area (Å²) < 4.78 is 0. The van der Waals surface area contributed by atoms with Gasteiger partial charge in [-0.1, -0.05) is 6.42 Å². The molecule has 1 heterocycles. The predicted molar refractivity (Wildman–Crippen MR) is 79.2 cm³/mol. The van der Waals surface area contributed by atoms with E-state index in [1.54, 1.807) is 0 Å². The molecular formula is C15H26N2S. The lowest BCUT2D eigenvalue weighted by Crippen LogP contribution is -2.47. The zero-order valence-electron chi connectivity index (χ0n) is 12.2. The second-order valence-electron chi connectivity index (χ2n) is 6.82. The third kappa shape index (κ3) is 3.55. The van der Waals surface area contributed by atoms with E-state index in [0.717, 1.165) is 0 Å². The fraction of sp³-hybridized carbons (Fsp3) is 0.800. The van der Waals surface area contributed by atoms with E-state index in [1.807, 2.05) is 16.8 Å². The molecule has 1 saturated carbocycles. The van der Waals surface area contributed by atoms with Crippen LogP contribution in [-0.4, -0.2) is 17.1 Å². The van der Waals surface area contributed by atoms with Crippen molar-refractivity contribution in [1.29, 1.82) is 0 Å². The first-order valence-electron chi connectivity index (χ1n) is 7.04. The molecule has 0 atom stereocenters. The summed E-state index contributed by atoms with van der Waals surface area (Å²) in [7, 11) is 0. The predicted octanol–water partition coefficient (Wildman–Crippen LogP) is 3.94. The van der Waals surface area contributed by atoms with Crippen LogP contribution in [-0.2, 0) is 6.42 Å². The molecule has 0 amide bonds. The first-order valence-corrected chi connectivity index (χ1v) is 7.92. The zero-order chi connectivity index (χ0) is 13.2. The van der Waals surface area contributed by atoms with Crippen molar-refractivity contribution in [2.75, 3.05) is 6.54 Å². The minimum absolute atomic E-state index is 0.239. The van der Waals surface area contributed by atoms with Crippen molar-refractivity contribution in [1.82, 2.24) is 10.3 Å². The zero-order valence-corrected chi connectivity index (χ0v) is 13.0. The smallest absolute Gasteiger partial charge is 0.0797 e. The van der Waals surface area contributed by atoms with Crippen molar-refractivity contribution < 1.29 is 0 Å². The van der Waals surface area contributed by atoms with Crippen LogP contribution in [0.25, 0.3) is 0 Å². The molecule has 0 bridgehead atoms. The molecule has 1 fully saturated rings. The fourth-order valence-corrected chi connectivity index (χ4v) is 3.37. The quantitative estimate of drug-likeness (QED) is 0.873. The summed E-state index contributed by atoms with van der Waals surface area (Å²) in [6.07, 6.45) is 6.73. The number of aromatic nitrogens is 1. The molecular weight excluding hydrogens is 240 g/mol. The second-order valence-corrected chi connectivity index (χ2v) is 7.76. The van der Waals surface area contributed by atoms with Crippen LogP contribution in [0, 0.1) is 12.3 Å². The van der Waals surface area contributed by atoms with E-state index in [1.165, 1.54) is 49.2 Å². The Kier molecular flexibility index (Phi) is 4.12. The van der Waals surface area contributed by atoms with E-state index in [4.69, 9.17) is 0 Å². The van der Waals surface area contributed by atoms with Crippen LogP contribution < -0.4 is 5.32 Å². The molecule has 1 aliphatic rings. The van der Waals surface area contributed by atoms with Gasteiger partial charge in [-0.05, 0) is 58.8 Å². The molecule has 0 spiro atoms. The molecule has 2 nitrogen and oxygen atoms in total. The fourth-order valence-electron chi connectivity index (χ4n) is 2.59. The number of nitrogens with zero attached hydrogens (tertiary/aromatic N) is 1. The Morgan fingerprint density at radius 1 is 1.39 bits per heavy atom. The van der Waals surface area contributed by atoms with Crippen molar-refractivity contribution in [3.05, 3.63) is 16.1 Å². The third-order valence-electron chi connectivity index (χ3n) is 4.14. The monoisotopic (exact) mass is 266 g/mol. The maximum absolute atomic E-state index is 4.35. The molecule has 1 aromatic heterocycles. The van der Waals surface area contributed by atoms with Gasteiger partial charge in [0.2, 0.25) is 0 Å². The van der Waals surface area contributed by atoms with E-state index < -0.39 is 0 Å². The summed E-state index contributed by atoms with van der Waals surface area (Å²) >= 11 is 1.82. The lowest BCUT2D eigenvalue weighted by atomic mass is 9.65. The Balaban J connectivity index is 1.87. The standard InChI is InChI=1S/C15H26N2S/c1-12-13(18-11-16-12)6-9-15(7-5-8-15)10-17-14(2,3)4/h11,17H,5-10H2,1-4H3. The molecule has 0 saturated heterocycles. The molecule has 1 aliphatic carbocycles. The summed E-state index contributed by atoms with van der Waals surface area (Å²) in [5, 5.41) is 3.70. The maximum Gasteiger partial charge on any atom is 0.0797 e. The summed E-state index contributed by atoms with van der Waals surface area (Å²) in [5.41, 5.74) is 4.01. The van der Waals surface area contributed by atoms with Crippen LogP contribution in [0.2, 0.25) is 0 Å². The largest absolute Gasteiger partial charge is 0.312 e. The van der Waals surface area contributed by atoms with Crippen LogP contribution >= 0.6 is 11.3 Å². The molecule has 102 valence electrons. The van der Waals surface area contributed by atoms with Crippen LogP contribution in [0.3, 0.4) is 0 Å². The normalized spacial score (nSPS) is 18.7. The van der Waals surface area contributed by atoms with Gasteiger partial charge in [-0.3, -0.25) is 0 Å². The van der Waals surface area contributed by atoms with Gasteiger partial charge in [-0.25, -0.2) is 4.98 Å². The third-order valence-corrected chi connectivity index (χ3v) is 5.13. The van der Waals surface area contributed by atoms with Crippen LogP contribution in [0.1, 0.15) is 57.0 Å². The van der Waals surface area contributed by atoms with Crippen LogP contribution in [0.4, 0.5) is 0 Å². The first-order chi connectivity index (χ1) is 8.40. The van der Waals surface area contributed by atoms with Gasteiger partial charge in [0.25, 0.3) is 0 Å². The van der Waals surface area contributed by atoms with Gasteiger partial charge < -0.3 is 5.32 Å². The van der Waals surface area contributed by atoms with E-state index in [2.05, 4.69) is 38.0 Å². The SMILES string of the molecule is Cc1ncsc1CCC1(CNC(C)(C)C)CCC1. The number of hydrogen-bond acceptors (Lipinski definition) is 3. The Hall–Kier alpha value is -0.410. The van der Waals surface area contributed by atoms with Gasteiger partial charge in [0.15, 0.2) is 0 Å². The van der Waals surface area contributed by atoms with Gasteiger partial charge in [0.05, 0.1) is 11.2 Å². The van der Waals surface area contributed by atoms with Crippen molar-refractivity contribution in [2.45, 2.75) is 65.3 Å². The minimum Gasteiger partial charge on any atom is -0.312 e. The molecule has 18 heavy (non-hydrogen) atoms. The van der Waals surface area contributed by atoms with Crippen LogP contribution in [0.5, 0.6) is 0 Å². The van der Waals surface area contributed by atoms with Gasteiger partial charge in [-0.2, -0.15) is 0 Å². The number of nitrogens with one attached hydrogen (secondary N) is 1. The summed E-state index contributed by atoms with van der Waals surface area (Å²) in [6, 6.07) is 0. The topological polar surface area (TPSA) is 24.9 Å². The summed E-state index contributed by atoms with van der Waals surface area (Å²) in [6.45, 7) is 10.1. The van der Waals surface area contributed by atoms with Gasteiger partial charge in [0.1, 0.15) is 0 Å². The van der Waals surface area contributed by atoms with Gasteiger partial charge in [0, 0.05) is 17.0 Å². The lowest BCUT2D eigenvalue weighted by molar-refractivity contribution is 0.107. The minimum atomic E-state index is 0.239. The van der Waals surface area contributed by atoms with Crippen molar-refractivity contribution in [2.24, 2.45) is 5.41 Å². The highest BCUT2D eigenvalue weighted by atomic mass is 32.1. The van der Waals surface area contributed by atoms with Crippen molar-refractivity contribution in [3.8, 4) is 0 Å². The van der Waals surface area contributed by atoms with E-state index in [-0.39, 0.29) is 5.54 Å². The Bertz CT molecular complexity index is 385. The average Bonchev–Trinajstić information content (AvgIpc) is 2.61. The number of rotatable bonds is 5. The molecule has 0 aliphatic heterocycles. The van der Waals surface area contributed by atoms with E-state index in [0.29, 0.717) is 5.41 Å². The average molecular weight is 266 g/mol. The van der Waals surface area contributed by atoms with Crippen molar-refractivity contribution in [3.63, 3.8) is 0 Å². The molecule has 0 unspecified atom stereocenters. The van der Waals surface area contributed by atoms with Crippen molar-refractivity contribution >= 4 is 11.3 Å². The summed E-state index contributed by atoms with van der Waals surface area (Å²) in [4.78, 5) is 5.83. The molecule has 0 radical (unpaired) electrons. The summed E-state index contributed by atoms with van der Waals surface area (Å²) in [5.74, 6) is 0. The molecule has 1 aromatic rings. The second kappa shape index (κ2) is 5.30. The highest BCUT2D eigenvalue weighted by molar-refractivity contribution is 7.09. The number of aryl methyl sites for hydroxylation is 2. The molecule has 2 rings (SSSR count). The number of hydrogen-bond donors (Lipinski definition) is 1.